The molecule has 2 aromatic rings. The minimum atomic E-state index is -3.72. The first-order valence-electron chi connectivity index (χ1n) is 5.43. The van der Waals surface area contributed by atoms with Crippen molar-refractivity contribution < 1.29 is 18.0 Å². The molecule has 4 nitrogen and oxygen atoms in total. The third-order valence-corrected chi connectivity index (χ3v) is 4.36. The summed E-state index contributed by atoms with van der Waals surface area (Å²) in [6.45, 7) is 0. The zero-order valence-electron chi connectivity index (χ0n) is 9.81. The Kier molecular flexibility index (Phi) is 3.57. The molecule has 0 aromatic heterocycles. The Balaban J connectivity index is 2.57. The van der Waals surface area contributed by atoms with E-state index in [1.807, 2.05) is 0 Å². The highest BCUT2D eigenvalue weighted by Gasteiger charge is 2.18. The van der Waals surface area contributed by atoms with Gasteiger partial charge in [-0.05, 0) is 24.3 Å². The number of aldehydes is 2. The van der Waals surface area contributed by atoms with E-state index in [1.165, 1.54) is 48.5 Å². The highest BCUT2D eigenvalue weighted by atomic mass is 32.2. The maximum Gasteiger partial charge on any atom is 0.206 e. The fourth-order valence-corrected chi connectivity index (χ4v) is 3.02. The Hall–Kier alpha value is -2.27. The first-order valence-corrected chi connectivity index (χ1v) is 6.92. The minimum Gasteiger partial charge on any atom is -0.298 e. The molecule has 0 aliphatic heterocycles. The molecule has 0 spiro atoms. The van der Waals surface area contributed by atoms with Gasteiger partial charge in [0, 0.05) is 11.1 Å². The second-order valence-corrected chi connectivity index (χ2v) is 5.83. The van der Waals surface area contributed by atoms with Gasteiger partial charge in [-0.3, -0.25) is 9.59 Å². The molecule has 2 rings (SSSR count). The van der Waals surface area contributed by atoms with Gasteiger partial charge in [0.2, 0.25) is 9.84 Å². The summed E-state index contributed by atoms with van der Waals surface area (Å²) in [7, 11) is -3.72. The number of sulfone groups is 1. The van der Waals surface area contributed by atoms with Crippen LogP contribution < -0.4 is 0 Å². The summed E-state index contributed by atoms with van der Waals surface area (Å²) >= 11 is 0. The molecule has 2 aromatic carbocycles. The van der Waals surface area contributed by atoms with Gasteiger partial charge >= 0.3 is 0 Å². The van der Waals surface area contributed by atoms with E-state index in [9.17, 15) is 18.0 Å². The molecule has 0 unspecified atom stereocenters. The molecule has 0 heterocycles. The Labute approximate surface area is 110 Å². The summed E-state index contributed by atoms with van der Waals surface area (Å²) in [4.78, 5) is 21.4. The molecule has 0 aliphatic carbocycles. The van der Waals surface area contributed by atoms with Crippen molar-refractivity contribution >= 4 is 22.4 Å². The van der Waals surface area contributed by atoms with E-state index in [0.717, 1.165) is 0 Å². The lowest BCUT2D eigenvalue weighted by molar-refractivity contribution is 0.111. The van der Waals surface area contributed by atoms with Crippen LogP contribution in [0.3, 0.4) is 0 Å². The summed E-state index contributed by atoms with van der Waals surface area (Å²) in [5.74, 6) is 0. The zero-order valence-corrected chi connectivity index (χ0v) is 10.6. The smallest absolute Gasteiger partial charge is 0.206 e. The summed E-state index contributed by atoms with van der Waals surface area (Å²) in [5.41, 5.74) is 0.570. The Morgan fingerprint density at radius 1 is 0.737 bits per heavy atom. The van der Waals surface area contributed by atoms with Gasteiger partial charge in [0.15, 0.2) is 0 Å². The molecule has 0 bridgehead atoms. The molecular weight excluding hydrogens is 264 g/mol. The number of hydrogen-bond donors (Lipinski definition) is 0. The van der Waals surface area contributed by atoms with Crippen LogP contribution in [0.5, 0.6) is 0 Å². The van der Waals surface area contributed by atoms with Crippen LogP contribution >= 0.6 is 0 Å². The molecule has 0 amide bonds. The van der Waals surface area contributed by atoms with Gasteiger partial charge in [0.1, 0.15) is 12.6 Å². The summed E-state index contributed by atoms with van der Waals surface area (Å²) in [6.07, 6.45) is 1.17. The third kappa shape index (κ3) is 2.61. The molecule has 0 aliphatic rings. The van der Waals surface area contributed by atoms with Crippen LogP contribution in [0.25, 0.3) is 0 Å². The zero-order chi connectivity index (χ0) is 13.9. The monoisotopic (exact) mass is 274 g/mol. The summed E-state index contributed by atoms with van der Waals surface area (Å²) in [5, 5.41) is 0. The molecule has 5 heteroatoms. The minimum absolute atomic E-state index is 0.0279. The van der Waals surface area contributed by atoms with Crippen LogP contribution in [0.4, 0.5) is 0 Å². The molecule has 0 saturated heterocycles. The highest BCUT2D eigenvalue weighted by Crippen LogP contribution is 2.21. The normalized spacial score (nSPS) is 10.9. The predicted molar refractivity (Wildman–Crippen MR) is 69.1 cm³/mol. The number of carbonyl (C=O) groups excluding carboxylic acids is 2. The Bertz CT molecular complexity index is 675. The van der Waals surface area contributed by atoms with E-state index in [2.05, 4.69) is 0 Å². The summed E-state index contributed by atoms with van der Waals surface area (Å²) in [6, 6.07) is 11.5. The maximum absolute atomic E-state index is 12.3. The lowest BCUT2D eigenvalue weighted by atomic mass is 10.2. The van der Waals surface area contributed by atoms with Gasteiger partial charge in [0.25, 0.3) is 0 Å². The first kappa shape index (κ1) is 13.2. The lowest BCUT2D eigenvalue weighted by Crippen LogP contribution is -2.03. The van der Waals surface area contributed by atoms with E-state index >= 15 is 0 Å². The van der Waals surface area contributed by atoms with Crippen LogP contribution in [0.1, 0.15) is 20.7 Å². The second kappa shape index (κ2) is 5.16. The van der Waals surface area contributed by atoms with Crippen molar-refractivity contribution in [1.82, 2.24) is 0 Å². The Morgan fingerprint density at radius 2 is 1.16 bits per heavy atom. The van der Waals surface area contributed by atoms with E-state index < -0.39 is 9.84 Å². The fraction of sp³-hybridized carbons (Fsp3) is 0. The number of carbonyl (C=O) groups is 2. The van der Waals surface area contributed by atoms with E-state index in [1.54, 1.807) is 0 Å². The average Bonchev–Trinajstić information content (AvgIpc) is 2.47. The Morgan fingerprint density at radius 3 is 1.53 bits per heavy atom. The first-order chi connectivity index (χ1) is 9.07. The largest absolute Gasteiger partial charge is 0.298 e. The number of rotatable bonds is 4. The molecule has 0 fully saturated rings. The quantitative estimate of drug-likeness (QED) is 0.801. The summed E-state index contributed by atoms with van der Waals surface area (Å²) < 4.78 is 24.7. The highest BCUT2D eigenvalue weighted by molar-refractivity contribution is 7.91. The van der Waals surface area contributed by atoms with Gasteiger partial charge in [-0.1, -0.05) is 24.3 Å². The molecule has 19 heavy (non-hydrogen) atoms. The molecular formula is C14H10O4S. The SMILES string of the molecule is O=Cc1cccc(S(=O)(=O)c2cccc(C=O)c2)c1. The van der Waals surface area contributed by atoms with Crippen LogP contribution in [-0.2, 0) is 9.84 Å². The van der Waals surface area contributed by atoms with Gasteiger partial charge in [0.05, 0.1) is 9.79 Å². The maximum atomic E-state index is 12.3. The van der Waals surface area contributed by atoms with Gasteiger partial charge in [-0.15, -0.1) is 0 Å². The molecule has 0 N–H and O–H groups in total. The number of hydrogen-bond acceptors (Lipinski definition) is 4. The van der Waals surface area contributed by atoms with E-state index in [-0.39, 0.29) is 20.9 Å². The van der Waals surface area contributed by atoms with E-state index in [0.29, 0.717) is 12.6 Å². The van der Waals surface area contributed by atoms with Crippen LogP contribution in [0.15, 0.2) is 58.3 Å². The van der Waals surface area contributed by atoms with Crippen molar-refractivity contribution in [2.24, 2.45) is 0 Å². The molecule has 96 valence electrons. The molecule has 0 atom stereocenters. The van der Waals surface area contributed by atoms with Crippen molar-refractivity contribution in [2.45, 2.75) is 9.79 Å². The van der Waals surface area contributed by atoms with Crippen LogP contribution in [-0.4, -0.2) is 21.0 Å². The van der Waals surface area contributed by atoms with Crippen molar-refractivity contribution in [2.75, 3.05) is 0 Å². The standard InChI is InChI=1S/C14H10O4S/c15-9-11-3-1-5-13(7-11)19(17,18)14-6-2-4-12(8-14)10-16/h1-10H. The molecule has 0 saturated carbocycles. The number of benzene rings is 2. The van der Waals surface area contributed by atoms with Gasteiger partial charge in [-0.2, -0.15) is 0 Å². The van der Waals surface area contributed by atoms with Crippen molar-refractivity contribution in [3.8, 4) is 0 Å². The van der Waals surface area contributed by atoms with Crippen molar-refractivity contribution in [3.63, 3.8) is 0 Å². The average molecular weight is 274 g/mol. The van der Waals surface area contributed by atoms with Gasteiger partial charge in [-0.25, -0.2) is 8.42 Å². The van der Waals surface area contributed by atoms with Crippen LogP contribution in [0, 0.1) is 0 Å². The van der Waals surface area contributed by atoms with E-state index in [4.69, 9.17) is 0 Å². The van der Waals surface area contributed by atoms with Gasteiger partial charge < -0.3 is 0 Å². The van der Waals surface area contributed by atoms with Crippen molar-refractivity contribution in [3.05, 3.63) is 59.7 Å². The van der Waals surface area contributed by atoms with Crippen LogP contribution in [0.2, 0.25) is 0 Å². The molecule has 0 radical (unpaired) electrons. The predicted octanol–water partition coefficient (Wildman–Crippen LogP) is 2.14. The second-order valence-electron chi connectivity index (χ2n) is 3.88. The fourth-order valence-electron chi connectivity index (χ4n) is 1.65. The lowest BCUT2D eigenvalue weighted by Gasteiger charge is -2.05. The third-order valence-electron chi connectivity index (χ3n) is 2.61. The topological polar surface area (TPSA) is 68.3 Å². The van der Waals surface area contributed by atoms with Crippen molar-refractivity contribution in [1.29, 1.82) is 0 Å².